The molecule has 5 heteroatoms. The number of hydrogen-bond donors (Lipinski definition) is 1. The number of carbonyl (C=O) groups is 3. The molecule has 0 radical (unpaired) electrons. The summed E-state index contributed by atoms with van der Waals surface area (Å²) in [6.07, 6.45) is 1.45. The molecule has 0 saturated heterocycles. The standard InChI is InChI=1S/C8H13NO4/c1-2-3-7(11)9(4-5-10)6-8(12)13/h5H,2-4,6H2,1H3,(H,12,13). The molecule has 0 unspecified atom stereocenters. The number of aliphatic carboxylic acids is 1. The first-order chi connectivity index (χ1) is 6.11. The zero-order valence-corrected chi connectivity index (χ0v) is 7.52. The van der Waals surface area contributed by atoms with Crippen LogP contribution in [0.15, 0.2) is 0 Å². The molecule has 0 spiro atoms. The molecule has 5 nitrogen and oxygen atoms in total. The van der Waals surface area contributed by atoms with E-state index in [2.05, 4.69) is 0 Å². The van der Waals surface area contributed by atoms with Crippen molar-refractivity contribution in [2.24, 2.45) is 0 Å². The van der Waals surface area contributed by atoms with Gasteiger partial charge in [-0.15, -0.1) is 0 Å². The monoisotopic (exact) mass is 187 g/mol. The summed E-state index contributed by atoms with van der Waals surface area (Å²) in [6.45, 7) is 1.26. The van der Waals surface area contributed by atoms with Crippen molar-refractivity contribution in [2.75, 3.05) is 13.1 Å². The van der Waals surface area contributed by atoms with Crippen LogP contribution >= 0.6 is 0 Å². The van der Waals surface area contributed by atoms with E-state index in [0.717, 1.165) is 4.90 Å². The molecule has 0 aliphatic heterocycles. The molecule has 0 bridgehead atoms. The van der Waals surface area contributed by atoms with Gasteiger partial charge in [-0.3, -0.25) is 9.59 Å². The maximum absolute atomic E-state index is 11.2. The SMILES string of the molecule is CCCC(=O)N(CC=O)CC(=O)O. The van der Waals surface area contributed by atoms with Crippen molar-refractivity contribution >= 4 is 18.2 Å². The maximum atomic E-state index is 11.2. The number of aldehydes is 1. The third-order valence-electron chi connectivity index (χ3n) is 1.44. The van der Waals surface area contributed by atoms with Crippen LogP contribution in [0.3, 0.4) is 0 Å². The van der Waals surface area contributed by atoms with Gasteiger partial charge in [0.2, 0.25) is 5.91 Å². The summed E-state index contributed by atoms with van der Waals surface area (Å²) in [5, 5.41) is 8.42. The lowest BCUT2D eigenvalue weighted by Gasteiger charge is -2.16. The number of nitrogens with zero attached hydrogens (tertiary/aromatic N) is 1. The third kappa shape index (κ3) is 4.95. The van der Waals surface area contributed by atoms with E-state index in [1.807, 2.05) is 6.92 Å². The Morgan fingerprint density at radius 2 is 2.08 bits per heavy atom. The van der Waals surface area contributed by atoms with Crippen LogP contribution < -0.4 is 0 Å². The van der Waals surface area contributed by atoms with Gasteiger partial charge in [-0.05, 0) is 6.42 Å². The molecule has 1 amide bonds. The van der Waals surface area contributed by atoms with Crippen LogP contribution in [0.5, 0.6) is 0 Å². The van der Waals surface area contributed by atoms with E-state index in [1.165, 1.54) is 0 Å². The Bertz CT molecular complexity index is 202. The van der Waals surface area contributed by atoms with E-state index in [9.17, 15) is 14.4 Å². The Kier molecular flexibility index (Phi) is 5.50. The number of rotatable bonds is 6. The van der Waals surface area contributed by atoms with Gasteiger partial charge in [0.15, 0.2) is 0 Å². The van der Waals surface area contributed by atoms with Gasteiger partial charge in [0.25, 0.3) is 0 Å². The van der Waals surface area contributed by atoms with Crippen molar-refractivity contribution in [3.05, 3.63) is 0 Å². The zero-order chi connectivity index (χ0) is 10.3. The third-order valence-corrected chi connectivity index (χ3v) is 1.44. The van der Waals surface area contributed by atoms with Gasteiger partial charge in [-0.2, -0.15) is 0 Å². The van der Waals surface area contributed by atoms with Gasteiger partial charge in [-0.1, -0.05) is 6.92 Å². The first-order valence-electron chi connectivity index (χ1n) is 4.05. The van der Waals surface area contributed by atoms with Crippen molar-refractivity contribution in [1.82, 2.24) is 4.90 Å². The van der Waals surface area contributed by atoms with Gasteiger partial charge in [-0.25, -0.2) is 0 Å². The number of carbonyl (C=O) groups excluding carboxylic acids is 2. The van der Waals surface area contributed by atoms with Crippen LogP contribution in [0, 0.1) is 0 Å². The molecular weight excluding hydrogens is 174 g/mol. The number of amides is 1. The van der Waals surface area contributed by atoms with E-state index in [-0.39, 0.29) is 18.9 Å². The predicted molar refractivity (Wildman–Crippen MR) is 45.2 cm³/mol. The van der Waals surface area contributed by atoms with Gasteiger partial charge in [0.1, 0.15) is 12.8 Å². The normalized spacial score (nSPS) is 9.31. The summed E-state index contributed by atoms with van der Waals surface area (Å²) >= 11 is 0. The molecule has 0 rings (SSSR count). The molecule has 74 valence electrons. The molecule has 0 aliphatic carbocycles. The minimum atomic E-state index is -1.11. The fraction of sp³-hybridized carbons (Fsp3) is 0.625. The van der Waals surface area contributed by atoms with Gasteiger partial charge in [0, 0.05) is 6.42 Å². The van der Waals surface area contributed by atoms with Crippen LogP contribution in [-0.2, 0) is 14.4 Å². The Labute approximate surface area is 76.3 Å². The van der Waals surface area contributed by atoms with E-state index in [4.69, 9.17) is 5.11 Å². The lowest BCUT2D eigenvalue weighted by Crippen LogP contribution is -2.36. The average Bonchev–Trinajstić information content (AvgIpc) is 2.03. The van der Waals surface area contributed by atoms with Gasteiger partial charge >= 0.3 is 5.97 Å². The number of carboxylic acids is 1. The summed E-state index contributed by atoms with van der Waals surface area (Å²) in [5.41, 5.74) is 0. The summed E-state index contributed by atoms with van der Waals surface area (Å²) < 4.78 is 0. The Hall–Kier alpha value is -1.39. The van der Waals surface area contributed by atoms with Crippen LogP contribution in [-0.4, -0.2) is 41.3 Å². The average molecular weight is 187 g/mol. The van der Waals surface area contributed by atoms with Crippen LogP contribution in [0.25, 0.3) is 0 Å². The fourth-order valence-corrected chi connectivity index (χ4v) is 0.880. The van der Waals surface area contributed by atoms with E-state index < -0.39 is 12.5 Å². The quantitative estimate of drug-likeness (QED) is 0.589. The summed E-state index contributed by atoms with van der Waals surface area (Å²) in [6, 6.07) is 0. The van der Waals surface area contributed by atoms with Crippen LogP contribution in [0.2, 0.25) is 0 Å². The second kappa shape index (κ2) is 6.16. The van der Waals surface area contributed by atoms with E-state index in [1.54, 1.807) is 0 Å². The minimum absolute atomic E-state index is 0.148. The van der Waals surface area contributed by atoms with Crippen molar-refractivity contribution in [1.29, 1.82) is 0 Å². The Balaban J connectivity index is 4.13. The summed E-state index contributed by atoms with van der Waals surface area (Å²) in [4.78, 5) is 32.6. The van der Waals surface area contributed by atoms with E-state index in [0.29, 0.717) is 12.7 Å². The second-order valence-electron chi connectivity index (χ2n) is 2.58. The van der Waals surface area contributed by atoms with Crippen molar-refractivity contribution < 1.29 is 19.5 Å². The number of hydrogen-bond acceptors (Lipinski definition) is 3. The highest BCUT2D eigenvalue weighted by Gasteiger charge is 2.14. The first-order valence-corrected chi connectivity index (χ1v) is 4.05. The Morgan fingerprint density at radius 1 is 1.46 bits per heavy atom. The summed E-state index contributed by atoms with van der Waals surface area (Å²) in [7, 11) is 0. The lowest BCUT2D eigenvalue weighted by molar-refractivity contribution is -0.144. The molecule has 0 aromatic rings. The topological polar surface area (TPSA) is 74.7 Å². The largest absolute Gasteiger partial charge is 0.480 e. The number of carboxylic acid groups (broad SMARTS) is 1. The smallest absolute Gasteiger partial charge is 0.323 e. The van der Waals surface area contributed by atoms with Crippen molar-refractivity contribution in [3.63, 3.8) is 0 Å². The van der Waals surface area contributed by atoms with Gasteiger partial charge in [0.05, 0.1) is 6.54 Å². The van der Waals surface area contributed by atoms with Crippen LogP contribution in [0.1, 0.15) is 19.8 Å². The molecule has 0 saturated carbocycles. The second-order valence-corrected chi connectivity index (χ2v) is 2.58. The molecule has 0 heterocycles. The fourth-order valence-electron chi connectivity index (χ4n) is 0.880. The van der Waals surface area contributed by atoms with Crippen molar-refractivity contribution in [2.45, 2.75) is 19.8 Å². The summed E-state index contributed by atoms with van der Waals surface area (Å²) in [5.74, 6) is -1.40. The zero-order valence-electron chi connectivity index (χ0n) is 7.52. The lowest BCUT2D eigenvalue weighted by atomic mass is 10.3. The molecule has 0 aromatic carbocycles. The first kappa shape index (κ1) is 11.6. The minimum Gasteiger partial charge on any atom is -0.480 e. The molecule has 0 fully saturated rings. The highest BCUT2D eigenvalue weighted by molar-refractivity contribution is 5.83. The highest BCUT2D eigenvalue weighted by Crippen LogP contribution is 1.96. The molecular formula is C8H13NO4. The molecule has 0 atom stereocenters. The van der Waals surface area contributed by atoms with Gasteiger partial charge < -0.3 is 14.8 Å². The highest BCUT2D eigenvalue weighted by atomic mass is 16.4. The molecule has 13 heavy (non-hydrogen) atoms. The van der Waals surface area contributed by atoms with Crippen LogP contribution in [0.4, 0.5) is 0 Å². The molecule has 0 aromatic heterocycles. The predicted octanol–water partition coefficient (Wildman–Crippen LogP) is -0.101. The van der Waals surface area contributed by atoms with Crippen molar-refractivity contribution in [3.8, 4) is 0 Å². The maximum Gasteiger partial charge on any atom is 0.323 e. The Morgan fingerprint density at radius 3 is 2.46 bits per heavy atom. The molecule has 0 aliphatic rings. The molecule has 1 N–H and O–H groups in total. The van der Waals surface area contributed by atoms with E-state index >= 15 is 0 Å².